The van der Waals surface area contributed by atoms with Gasteiger partial charge in [0, 0.05) is 24.8 Å². The Balaban J connectivity index is 1.91. The molecule has 0 radical (unpaired) electrons. The van der Waals surface area contributed by atoms with Gasteiger partial charge in [0.25, 0.3) is 0 Å². The third kappa shape index (κ3) is 3.72. The lowest BCUT2D eigenvalue weighted by Gasteiger charge is -2.22. The molecule has 0 amide bonds. The highest BCUT2D eigenvalue weighted by atomic mass is 16.3. The number of aliphatic hydroxyl groups is 1. The molecule has 3 nitrogen and oxygen atoms in total. The fourth-order valence-corrected chi connectivity index (χ4v) is 2.12. The van der Waals surface area contributed by atoms with E-state index >= 15 is 0 Å². The Hall–Kier alpha value is -1.06. The molecule has 17 heavy (non-hydrogen) atoms. The van der Waals surface area contributed by atoms with Gasteiger partial charge in [-0.1, -0.05) is 18.2 Å². The SMILES string of the molecule is OCCCCN(Cc1ccccc1O)C1CC1. The molecule has 94 valence electrons. The number of phenolic OH excluding ortho intramolecular Hbond substituents is 1. The van der Waals surface area contributed by atoms with Gasteiger partial charge in [-0.25, -0.2) is 0 Å². The summed E-state index contributed by atoms with van der Waals surface area (Å²) in [7, 11) is 0. The first-order valence-corrected chi connectivity index (χ1v) is 6.43. The van der Waals surface area contributed by atoms with Crippen LogP contribution in [0.5, 0.6) is 5.75 Å². The van der Waals surface area contributed by atoms with E-state index in [-0.39, 0.29) is 6.61 Å². The molecule has 1 fully saturated rings. The van der Waals surface area contributed by atoms with Crippen LogP contribution >= 0.6 is 0 Å². The van der Waals surface area contributed by atoms with E-state index in [2.05, 4.69) is 4.90 Å². The van der Waals surface area contributed by atoms with Crippen molar-refractivity contribution in [3.05, 3.63) is 29.8 Å². The van der Waals surface area contributed by atoms with Crippen molar-refractivity contribution < 1.29 is 10.2 Å². The number of phenols is 1. The van der Waals surface area contributed by atoms with Crippen molar-refractivity contribution in [3.63, 3.8) is 0 Å². The quantitative estimate of drug-likeness (QED) is 0.712. The van der Waals surface area contributed by atoms with Crippen molar-refractivity contribution in [1.82, 2.24) is 4.90 Å². The number of para-hydroxylation sites is 1. The van der Waals surface area contributed by atoms with E-state index in [1.807, 2.05) is 18.2 Å². The largest absolute Gasteiger partial charge is 0.508 e. The van der Waals surface area contributed by atoms with Gasteiger partial charge in [0.1, 0.15) is 5.75 Å². The standard InChI is InChI=1S/C14H21NO2/c16-10-4-3-9-15(13-7-8-13)11-12-5-1-2-6-14(12)17/h1-2,5-6,13,16-17H,3-4,7-11H2. The van der Waals surface area contributed by atoms with Crippen molar-refractivity contribution in [2.24, 2.45) is 0 Å². The van der Waals surface area contributed by atoms with Gasteiger partial charge in [0.05, 0.1) is 0 Å². The zero-order chi connectivity index (χ0) is 12.1. The first-order valence-electron chi connectivity index (χ1n) is 6.43. The van der Waals surface area contributed by atoms with Gasteiger partial charge in [-0.15, -0.1) is 0 Å². The Bertz CT molecular complexity index is 350. The summed E-state index contributed by atoms with van der Waals surface area (Å²) in [6.45, 7) is 2.11. The van der Waals surface area contributed by atoms with E-state index in [1.165, 1.54) is 12.8 Å². The molecule has 0 aromatic heterocycles. The van der Waals surface area contributed by atoms with Crippen LogP contribution in [0.15, 0.2) is 24.3 Å². The summed E-state index contributed by atoms with van der Waals surface area (Å²) in [5.74, 6) is 0.389. The zero-order valence-corrected chi connectivity index (χ0v) is 10.2. The maximum absolute atomic E-state index is 9.77. The maximum atomic E-state index is 9.77. The van der Waals surface area contributed by atoms with E-state index < -0.39 is 0 Å². The van der Waals surface area contributed by atoms with Crippen molar-refractivity contribution in [2.75, 3.05) is 13.2 Å². The first-order chi connectivity index (χ1) is 8.31. The van der Waals surface area contributed by atoms with Crippen LogP contribution in [0, 0.1) is 0 Å². The van der Waals surface area contributed by atoms with E-state index in [1.54, 1.807) is 6.07 Å². The Morgan fingerprint density at radius 3 is 2.59 bits per heavy atom. The Kier molecular flexibility index (Phi) is 4.40. The molecule has 0 heterocycles. The topological polar surface area (TPSA) is 43.7 Å². The summed E-state index contributed by atoms with van der Waals surface area (Å²) in [4.78, 5) is 2.42. The molecule has 0 saturated heterocycles. The van der Waals surface area contributed by atoms with Crippen molar-refractivity contribution in [3.8, 4) is 5.75 Å². The van der Waals surface area contributed by atoms with E-state index in [0.717, 1.165) is 31.5 Å². The van der Waals surface area contributed by atoms with Crippen LogP contribution in [0.2, 0.25) is 0 Å². The van der Waals surface area contributed by atoms with Crippen molar-refractivity contribution in [2.45, 2.75) is 38.3 Å². The van der Waals surface area contributed by atoms with Gasteiger partial charge in [0.2, 0.25) is 0 Å². The van der Waals surface area contributed by atoms with Crippen molar-refractivity contribution >= 4 is 0 Å². The second-order valence-electron chi connectivity index (χ2n) is 4.76. The fourth-order valence-electron chi connectivity index (χ4n) is 2.12. The first kappa shape index (κ1) is 12.4. The second-order valence-corrected chi connectivity index (χ2v) is 4.76. The molecule has 2 N–H and O–H groups in total. The molecule has 0 unspecified atom stereocenters. The van der Waals surface area contributed by atoms with E-state index in [9.17, 15) is 5.11 Å². The number of rotatable bonds is 7. The zero-order valence-electron chi connectivity index (χ0n) is 10.2. The highest BCUT2D eigenvalue weighted by Crippen LogP contribution is 2.30. The summed E-state index contributed by atoms with van der Waals surface area (Å²) < 4.78 is 0. The predicted octanol–water partition coefficient (Wildman–Crippen LogP) is 2.13. The average Bonchev–Trinajstić information content (AvgIpc) is 3.15. The molecule has 0 atom stereocenters. The lowest BCUT2D eigenvalue weighted by atomic mass is 10.1. The number of aliphatic hydroxyl groups excluding tert-OH is 1. The molecular weight excluding hydrogens is 214 g/mol. The molecular formula is C14H21NO2. The second kappa shape index (κ2) is 6.03. The molecule has 2 rings (SSSR count). The summed E-state index contributed by atoms with van der Waals surface area (Å²) >= 11 is 0. The third-order valence-corrected chi connectivity index (χ3v) is 3.28. The van der Waals surface area contributed by atoms with Gasteiger partial charge in [-0.3, -0.25) is 4.90 Å². The molecule has 0 spiro atoms. The van der Waals surface area contributed by atoms with Crippen LogP contribution in [-0.2, 0) is 6.54 Å². The molecule has 0 bridgehead atoms. The van der Waals surface area contributed by atoms with Gasteiger partial charge in [0.15, 0.2) is 0 Å². The summed E-state index contributed by atoms with van der Waals surface area (Å²) in [5, 5.41) is 18.6. The third-order valence-electron chi connectivity index (χ3n) is 3.28. The smallest absolute Gasteiger partial charge is 0.120 e. The van der Waals surface area contributed by atoms with Gasteiger partial charge < -0.3 is 10.2 Å². The van der Waals surface area contributed by atoms with Gasteiger partial charge >= 0.3 is 0 Å². The Morgan fingerprint density at radius 2 is 1.94 bits per heavy atom. The van der Waals surface area contributed by atoms with E-state index in [4.69, 9.17) is 5.11 Å². The lowest BCUT2D eigenvalue weighted by molar-refractivity contribution is 0.227. The van der Waals surface area contributed by atoms with Crippen molar-refractivity contribution in [1.29, 1.82) is 0 Å². The van der Waals surface area contributed by atoms with Crippen LogP contribution in [0.4, 0.5) is 0 Å². The number of benzene rings is 1. The van der Waals surface area contributed by atoms with Crippen LogP contribution < -0.4 is 0 Å². The predicted molar refractivity (Wildman–Crippen MR) is 67.9 cm³/mol. The Morgan fingerprint density at radius 1 is 1.18 bits per heavy atom. The maximum Gasteiger partial charge on any atom is 0.120 e. The molecule has 0 aliphatic heterocycles. The molecule has 3 heteroatoms. The number of nitrogens with zero attached hydrogens (tertiary/aromatic N) is 1. The van der Waals surface area contributed by atoms with Crippen LogP contribution in [0.25, 0.3) is 0 Å². The summed E-state index contributed by atoms with van der Waals surface area (Å²) in [5.41, 5.74) is 1.00. The minimum Gasteiger partial charge on any atom is -0.508 e. The number of hydrogen-bond donors (Lipinski definition) is 2. The minimum atomic E-state index is 0.273. The number of unbranched alkanes of at least 4 members (excludes halogenated alkanes) is 1. The van der Waals surface area contributed by atoms with Crippen LogP contribution in [-0.4, -0.2) is 34.3 Å². The van der Waals surface area contributed by atoms with E-state index in [0.29, 0.717) is 11.8 Å². The lowest BCUT2D eigenvalue weighted by Crippen LogP contribution is -2.26. The van der Waals surface area contributed by atoms with Crippen LogP contribution in [0.3, 0.4) is 0 Å². The molecule has 1 aromatic carbocycles. The minimum absolute atomic E-state index is 0.273. The number of hydrogen-bond acceptors (Lipinski definition) is 3. The average molecular weight is 235 g/mol. The normalized spacial score (nSPS) is 15.4. The molecule has 1 aliphatic carbocycles. The highest BCUT2D eigenvalue weighted by Gasteiger charge is 2.28. The molecule has 1 aromatic rings. The fraction of sp³-hybridized carbons (Fsp3) is 0.571. The highest BCUT2D eigenvalue weighted by molar-refractivity contribution is 5.31. The molecule has 1 aliphatic rings. The monoisotopic (exact) mass is 235 g/mol. The summed E-state index contributed by atoms with van der Waals surface area (Å²) in [6.07, 6.45) is 4.43. The molecule has 1 saturated carbocycles. The van der Waals surface area contributed by atoms with Gasteiger partial charge in [-0.05, 0) is 38.3 Å². The summed E-state index contributed by atoms with van der Waals surface area (Å²) in [6, 6.07) is 8.23. The number of aromatic hydroxyl groups is 1. The van der Waals surface area contributed by atoms with Gasteiger partial charge in [-0.2, -0.15) is 0 Å². The Labute approximate surface area is 103 Å². The van der Waals surface area contributed by atoms with Crippen LogP contribution in [0.1, 0.15) is 31.2 Å².